The highest BCUT2D eigenvalue weighted by Gasteiger charge is 2.36. The Labute approximate surface area is 165 Å². The van der Waals surface area contributed by atoms with Crippen LogP contribution in [0.15, 0.2) is 42.6 Å². The van der Waals surface area contributed by atoms with Crippen LogP contribution in [-0.4, -0.2) is 59.4 Å². The van der Waals surface area contributed by atoms with Crippen molar-refractivity contribution in [3.63, 3.8) is 0 Å². The standard InChI is InChI=1S/C20H19F3N4O2/c21-20(22,23)14-6-7-17(24-12-14)26-9-3-8-25(10-11-26)13-27-18(28)15-4-1-2-5-16(15)19(27)29/h1-2,4-7,12H,3,8-11,13H2. The highest BCUT2D eigenvalue weighted by atomic mass is 19.4. The maximum atomic E-state index is 12.7. The lowest BCUT2D eigenvalue weighted by molar-refractivity contribution is -0.137. The van der Waals surface area contributed by atoms with Gasteiger partial charge < -0.3 is 4.90 Å². The number of alkyl halides is 3. The van der Waals surface area contributed by atoms with E-state index in [0.29, 0.717) is 43.1 Å². The molecule has 3 heterocycles. The van der Waals surface area contributed by atoms with E-state index in [1.54, 1.807) is 24.3 Å². The van der Waals surface area contributed by atoms with Gasteiger partial charge in [-0.15, -0.1) is 0 Å². The van der Waals surface area contributed by atoms with Crippen molar-refractivity contribution in [2.45, 2.75) is 12.6 Å². The Bertz CT molecular complexity index is 895. The summed E-state index contributed by atoms with van der Waals surface area (Å²) in [5.41, 5.74) is 0.0640. The van der Waals surface area contributed by atoms with E-state index in [1.165, 1.54) is 11.0 Å². The molecule has 1 fully saturated rings. The zero-order valence-electron chi connectivity index (χ0n) is 15.5. The number of carbonyl (C=O) groups is 2. The maximum Gasteiger partial charge on any atom is 0.417 e. The molecule has 6 nitrogen and oxygen atoms in total. The fraction of sp³-hybridized carbons (Fsp3) is 0.350. The summed E-state index contributed by atoms with van der Waals surface area (Å²) >= 11 is 0. The summed E-state index contributed by atoms with van der Waals surface area (Å²) < 4.78 is 38.1. The number of imide groups is 1. The fourth-order valence-electron chi connectivity index (χ4n) is 3.65. The third-order valence-corrected chi connectivity index (χ3v) is 5.21. The van der Waals surface area contributed by atoms with Crippen LogP contribution >= 0.6 is 0 Å². The normalized spacial score (nSPS) is 18.2. The van der Waals surface area contributed by atoms with Crippen molar-refractivity contribution >= 4 is 17.6 Å². The third kappa shape index (κ3) is 3.82. The Morgan fingerprint density at radius 3 is 2.17 bits per heavy atom. The van der Waals surface area contributed by atoms with Crippen LogP contribution in [0, 0.1) is 0 Å². The highest BCUT2D eigenvalue weighted by Crippen LogP contribution is 2.29. The fourth-order valence-corrected chi connectivity index (χ4v) is 3.65. The number of halogens is 3. The number of hydrogen-bond acceptors (Lipinski definition) is 5. The van der Waals surface area contributed by atoms with Gasteiger partial charge in [0.15, 0.2) is 0 Å². The molecule has 0 unspecified atom stereocenters. The third-order valence-electron chi connectivity index (χ3n) is 5.21. The monoisotopic (exact) mass is 404 g/mol. The van der Waals surface area contributed by atoms with Crippen molar-refractivity contribution in [1.29, 1.82) is 0 Å². The molecule has 2 amide bonds. The number of carbonyl (C=O) groups excluding carboxylic acids is 2. The van der Waals surface area contributed by atoms with Gasteiger partial charge in [0, 0.05) is 32.4 Å². The quantitative estimate of drug-likeness (QED) is 0.737. The summed E-state index contributed by atoms with van der Waals surface area (Å²) in [7, 11) is 0. The maximum absolute atomic E-state index is 12.7. The van der Waals surface area contributed by atoms with Crippen LogP contribution in [0.4, 0.5) is 19.0 Å². The van der Waals surface area contributed by atoms with Gasteiger partial charge in [0.05, 0.1) is 23.4 Å². The minimum absolute atomic E-state index is 0.195. The number of fused-ring (bicyclic) bond motifs is 1. The van der Waals surface area contributed by atoms with Gasteiger partial charge >= 0.3 is 6.18 Å². The first kappa shape index (κ1) is 19.4. The van der Waals surface area contributed by atoms with Gasteiger partial charge in [-0.2, -0.15) is 13.2 Å². The van der Waals surface area contributed by atoms with Crippen LogP contribution in [0.2, 0.25) is 0 Å². The molecule has 2 aliphatic rings. The van der Waals surface area contributed by atoms with Crippen molar-refractivity contribution in [3.05, 3.63) is 59.3 Å². The number of nitrogens with zero attached hydrogens (tertiary/aromatic N) is 4. The van der Waals surface area contributed by atoms with E-state index in [4.69, 9.17) is 0 Å². The number of hydrogen-bond donors (Lipinski definition) is 0. The molecular weight excluding hydrogens is 385 g/mol. The van der Waals surface area contributed by atoms with Crippen LogP contribution in [0.1, 0.15) is 32.7 Å². The van der Waals surface area contributed by atoms with E-state index in [2.05, 4.69) is 4.98 Å². The van der Waals surface area contributed by atoms with Crippen molar-refractivity contribution < 1.29 is 22.8 Å². The molecule has 9 heteroatoms. The van der Waals surface area contributed by atoms with Crippen molar-refractivity contribution in [2.24, 2.45) is 0 Å². The lowest BCUT2D eigenvalue weighted by atomic mass is 10.1. The summed E-state index contributed by atoms with van der Waals surface area (Å²) in [4.78, 5) is 34.2. The predicted octanol–water partition coefficient (Wildman–Crippen LogP) is 2.87. The average molecular weight is 404 g/mol. The van der Waals surface area contributed by atoms with Gasteiger partial charge in [-0.3, -0.25) is 19.4 Å². The molecular formula is C20H19F3N4O2. The van der Waals surface area contributed by atoms with Gasteiger partial charge in [-0.1, -0.05) is 12.1 Å². The van der Waals surface area contributed by atoms with Crippen LogP contribution in [-0.2, 0) is 6.18 Å². The zero-order chi connectivity index (χ0) is 20.6. The van der Waals surface area contributed by atoms with E-state index in [9.17, 15) is 22.8 Å². The molecule has 29 heavy (non-hydrogen) atoms. The van der Waals surface area contributed by atoms with Gasteiger partial charge in [0.1, 0.15) is 5.82 Å². The number of benzene rings is 1. The highest BCUT2D eigenvalue weighted by molar-refractivity contribution is 6.21. The Hall–Kier alpha value is -2.94. The smallest absolute Gasteiger partial charge is 0.355 e. The largest absolute Gasteiger partial charge is 0.417 e. The number of rotatable bonds is 3. The Morgan fingerprint density at radius 1 is 0.897 bits per heavy atom. The number of anilines is 1. The molecule has 152 valence electrons. The van der Waals surface area contributed by atoms with Gasteiger partial charge in [0.2, 0.25) is 0 Å². The molecule has 1 aromatic heterocycles. The van der Waals surface area contributed by atoms with Crippen molar-refractivity contribution in [1.82, 2.24) is 14.8 Å². The van der Waals surface area contributed by atoms with Crippen LogP contribution in [0.5, 0.6) is 0 Å². The second kappa shape index (κ2) is 7.47. The Balaban J connectivity index is 1.40. The first-order valence-electron chi connectivity index (χ1n) is 9.30. The van der Waals surface area contributed by atoms with E-state index in [0.717, 1.165) is 18.7 Å². The van der Waals surface area contributed by atoms with Gasteiger partial charge in [-0.25, -0.2) is 4.98 Å². The molecule has 0 aliphatic carbocycles. The minimum Gasteiger partial charge on any atom is -0.355 e. The summed E-state index contributed by atoms with van der Waals surface area (Å²) in [6.07, 6.45) is -2.82. The van der Waals surface area contributed by atoms with Crippen molar-refractivity contribution in [3.8, 4) is 0 Å². The zero-order valence-corrected chi connectivity index (χ0v) is 15.5. The van der Waals surface area contributed by atoms with E-state index < -0.39 is 11.7 Å². The second-order valence-corrected chi connectivity index (χ2v) is 7.09. The van der Waals surface area contributed by atoms with Crippen LogP contribution in [0.3, 0.4) is 0 Å². The topological polar surface area (TPSA) is 56.8 Å². The van der Waals surface area contributed by atoms with E-state index in [-0.39, 0.29) is 18.5 Å². The molecule has 2 aromatic rings. The van der Waals surface area contributed by atoms with Crippen LogP contribution in [0.25, 0.3) is 0 Å². The number of amides is 2. The van der Waals surface area contributed by atoms with Crippen LogP contribution < -0.4 is 4.90 Å². The molecule has 4 rings (SSSR count). The molecule has 0 atom stereocenters. The van der Waals surface area contributed by atoms with Crippen molar-refractivity contribution in [2.75, 3.05) is 37.7 Å². The molecule has 2 aliphatic heterocycles. The summed E-state index contributed by atoms with van der Waals surface area (Å²) in [6.45, 7) is 2.61. The minimum atomic E-state index is -4.41. The van der Waals surface area contributed by atoms with E-state index in [1.807, 2.05) is 9.80 Å². The summed E-state index contributed by atoms with van der Waals surface area (Å²) in [5.74, 6) is -0.104. The van der Waals surface area contributed by atoms with Gasteiger partial charge in [-0.05, 0) is 30.7 Å². The molecule has 0 spiro atoms. The Kier molecular flexibility index (Phi) is 4.99. The predicted molar refractivity (Wildman–Crippen MR) is 99.5 cm³/mol. The SMILES string of the molecule is O=C1c2ccccc2C(=O)N1CN1CCCN(c2ccc(C(F)(F)F)cn2)CC1. The molecule has 1 saturated heterocycles. The lowest BCUT2D eigenvalue weighted by Gasteiger charge is -2.26. The molecule has 0 radical (unpaired) electrons. The molecule has 0 saturated carbocycles. The second-order valence-electron chi connectivity index (χ2n) is 7.09. The van der Waals surface area contributed by atoms with Gasteiger partial charge in [0.25, 0.3) is 11.8 Å². The number of aromatic nitrogens is 1. The first-order chi connectivity index (χ1) is 13.8. The summed E-state index contributed by atoms with van der Waals surface area (Å²) in [6, 6.07) is 9.17. The first-order valence-corrected chi connectivity index (χ1v) is 9.30. The Morgan fingerprint density at radius 2 is 1.59 bits per heavy atom. The summed E-state index contributed by atoms with van der Waals surface area (Å²) in [5, 5.41) is 0. The molecule has 0 bridgehead atoms. The molecule has 0 N–H and O–H groups in total. The number of pyridine rings is 1. The average Bonchev–Trinajstić information content (AvgIpc) is 2.87. The lowest BCUT2D eigenvalue weighted by Crippen LogP contribution is -2.42. The molecule has 1 aromatic carbocycles. The van der Waals surface area contributed by atoms with E-state index >= 15 is 0 Å².